The number of aromatic nitrogens is 1. The van der Waals surface area contributed by atoms with Crippen LogP contribution in [0, 0.1) is 0 Å². The molecule has 20 heavy (non-hydrogen) atoms. The summed E-state index contributed by atoms with van der Waals surface area (Å²) in [6.45, 7) is 3.35. The SMILES string of the molecule is CC1(CNC(=O)c2c[nH]c3cc(N)ccc23)CCCO1. The maximum Gasteiger partial charge on any atom is 0.253 e. The van der Waals surface area contributed by atoms with E-state index in [0.717, 1.165) is 30.4 Å². The third-order valence-corrected chi connectivity index (χ3v) is 3.87. The molecule has 3 rings (SSSR count). The van der Waals surface area contributed by atoms with Crippen molar-refractivity contribution < 1.29 is 9.53 Å². The Balaban J connectivity index is 1.75. The molecule has 0 saturated carbocycles. The van der Waals surface area contributed by atoms with Gasteiger partial charge < -0.3 is 20.8 Å². The van der Waals surface area contributed by atoms with Crippen LogP contribution in [0.25, 0.3) is 10.9 Å². The minimum absolute atomic E-state index is 0.0854. The number of aromatic amines is 1. The van der Waals surface area contributed by atoms with Gasteiger partial charge in [-0.25, -0.2) is 0 Å². The topological polar surface area (TPSA) is 80.1 Å². The van der Waals surface area contributed by atoms with E-state index in [1.54, 1.807) is 12.3 Å². The minimum Gasteiger partial charge on any atom is -0.399 e. The standard InChI is InChI=1S/C15H19N3O2/c1-15(5-2-6-20-15)9-18-14(19)12-8-17-13-7-10(16)3-4-11(12)13/h3-4,7-8,17H,2,5-6,9,16H2,1H3,(H,18,19). The number of rotatable bonds is 3. The number of nitrogen functional groups attached to an aromatic ring is 1. The summed E-state index contributed by atoms with van der Waals surface area (Å²) >= 11 is 0. The Morgan fingerprint density at radius 1 is 1.55 bits per heavy atom. The summed E-state index contributed by atoms with van der Waals surface area (Å²) in [6.07, 6.45) is 3.76. The molecule has 0 radical (unpaired) electrons. The van der Waals surface area contributed by atoms with Crippen molar-refractivity contribution in [1.82, 2.24) is 10.3 Å². The van der Waals surface area contributed by atoms with Crippen molar-refractivity contribution in [3.63, 3.8) is 0 Å². The van der Waals surface area contributed by atoms with E-state index in [2.05, 4.69) is 10.3 Å². The van der Waals surface area contributed by atoms with Crippen LogP contribution in [0.1, 0.15) is 30.1 Å². The number of H-pyrrole nitrogens is 1. The van der Waals surface area contributed by atoms with E-state index in [9.17, 15) is 4.79 Å². The molecule has 106 valence electrons. The Morgan fingerprint density at radius 2 is 2.40 bits per heavy atom. The summed E-state index contributed by atoms with van der Waals surface area (Å²) in [5, 5.41) is 3.84. The van der Waals surface area contributed by atoms with Gasteiger partial charge in [0.15, 0.2) is 0 Å². The lowest BCUT2D eigenvalue weighted by molar-refractivity contribution is 0.0206. The number of hydrogen-bond donors (Lipinski definition) is 3. The fourth-order valence-electron chi connectivity index (χ4n) is 2.67. The molecule has 0 spiro atoms. The van der Waals surface area contributed by atoms with Crippen molar-refractivity contribution >= 4 is 22.5 Å². The van der Waals surface area contributed by atoms with E-state index in [-0.39, 0.29) is 11.5 Å². The molecule has 2 heterocycles. The first-order valence-corrected chi connectivity index (χ1v) is 6.86. The van der Waals surface area contributed by atoms with Gasteiger partial charge >= 0.3 is 0 Å². The van der Waals surface area contributed by atoms with Gasteiger partial charge in [0.1, 0.15) is 0 Å². The summed E-state index contributed by atoms with van der Waals surface area (Å²) in [7, 11) is 0. The molecule has 1 unspecified atom stereocenters. The minimum atomic E-state index is -0.230. The lowest BCUT2D eigenvalue weighted by Gasteiger charge is -2.23. The molecule has 0 bridgehead atoms. The summed E-state index contributed by atoms with van der Waals surface area (Å²) in [4.78, 5) is 15.4. The van der Waals surface area contributed by atoms with Gasteiger partial charge in [0.05, 0.1) is 11.2 Å². The second kappa shape index (κ2) is 4.83. The predicted octanol–water partition coefficient (Wildman–Crippen LogP) is 2.05. The maximum atomic E-state index is 12.3. The number of hydrogen-bond acceptors (Lipinski definition) is 3. The molecule has 1 aromatic carbocycles. The van der Waals surface area contributed by atoms with Gasteiger partial charge in [-0.3, -0.25) is 4.79 Å². The Hall–Kier alpha value is -2.01. The van der Waals surface area contributed by atoms with Crippen LogP contribution in [0.5, 0.6) is 0 Å². The van der Waals surface area contributed by atoms with Crippen LogP contribution in [-0.4, -0.2) is 29.6 Å². The van der Waals surface area contributed by atoms with Crippen LogP contribution < -0.4 is 11.1 Å². The Kier molecular flexibility index (Phi) is 3.14. The molecule has 1 aliphatic rings. The molecule has 1 aliphatic heterocycles. The zero-order valence-electron chi connectivity index (χ0n) is 11.5. The van der Waals surface area contributed by atoms with Crippen molar-refractivity contribution in [1.29, 1.82) is 0 Å². The van der Waals surface area contributed by atoms with Crippen molar-refractivity contribution in [3.8, 4) is 0 Å². The van der Waals surface area contributed by atoms with Gasteiger partial charge in [-0.1, -0.05) is 0 Å². The summed E-state index contributed by atoms with van der Waals surface area (Å²) in [5.41, 5.74) is 7.69. The molecule has 1 amide bonds. The maximum absolute atomic E-state index is 12.3. The molecule has 0 aliphatic carbocycles. The molecular weight excluding hydrogens is 254 g/mol. The number of anilines is 1. The molecule has 4 N–H and O–H groups in total. The van der Waals surface area contributed by atoms with Gasteiger partial charge in [0, 0.05) is 35.9 Å². The molecule has 5 heteroatoms. The van der Waals surface area contributed by atoms with Crippen molar-refractivity contribution in [2.75, 3.05) is 18.9 Å². The third kappa shape index (κ3) is 2.36. The fourth-order valence-corrected chi connectivity index (χ4v) is 2.67. The second-order valence-electron chi connectivity index (χ2n) is 5.59. The van der Waals surface area contributed by atoms with Crippen LogP contribution in [0.15, 0.2) is 24.4 Å². The monoisotopic (exact) mass is 273 g/mol. The number of amides is 1. The van der Waals surface area contributed by atoms with Crippen molar-refractivity contribution in [2.24, 2.45) is 0 Å². The van der Waals surface area contributed by atoms with Crippen molar-refractivity contribution in [2.45, 2.75) is 25.4 Å². The highest BCUT2D eigenvalue weighted by molar-refractivity contribution is 6.07. The summed E-state index contributed by atoms with van der Waals surface area (Å²) in [5.74, 6) is -0.0854. The quantitative estimate of drug-likeness (QED) is 0.749. The zero-order chi connectivity index (χ0) is 14.2. The fraction of sp³-hybridized carbons (Fsp3) is 0.400. The summed E-state index contributed by atoms with van der Waals surface area (Å²) in [6, 6.07) is 5.49. The van der Waals surface area contributed by atoms with Gasteiger partial charge in [0.2, 0.25) is 0 Å². The van der Waals surface area contributed by atoms with E-state index in [0.29, 0.717) is 17.8 Å². The second-order valence-corrected chi connectivity index (χ2v) is 5.59. The highest BCUT2D eigenvalue weighted by Gasteiger charge is 2.30. The third-order valence-electron chi connectivity index (χ3n) is 3.87. The van der Waals surface area contributed by atoms with Gasteiger partial charge in [-0.15, -0.1) is 0 Å². The lowest BCUT2D eigenvalue weighted by atomic mass is 10.0. The molecule has 5 nitrogen and oxygen atoms in total. The average molecular weight is 273 g/mol. The molecule has 1 atom stereocenters. The largest absolute Gasteiger partial charge is 0.399 e. The van der Waals surface area contributed by atoms with Gasteiger partial charge in [0.25, 0.3) is 5.91 Å². The van der Waals surface area contributed by atoms with Crippen LogP contribution in [0.2, 0.25) is 0 Å². The molecule has 1 saturated heterocycles. The first-order chi connectivity index (χ1) is 9.57. The van der Waals surface area contributed by atoms with Crippen LogP contribution >= 0.6 is 0 Å². The van der Waals surface area contributed by atoms with E-state index >= 15 is 0 Å². The van der Waals surface area contributed by atoms with Crippen LogP contribution in [0.3, 0.4) is 0 Å². The Labute approximate surface area is 117 Å². The van der Waals surface area contributed by atoms with Gasteiger partial charge in [-0.05, 0) is 38.0 Å². The Bertz CT molecular complexity index is 642. The van der Waals surface area contributed by atoms with E-state index in [4.69, 9.17) is 10.5 Å². The first-order valence-electron chi connectivity index (χ1n) is 6.86. The van der Waals surface area contributed by atoms with E-state index in [1.807, 2.05) is 19.1 Å². The van der Waals surface area contributed by atoms with Crippen molar-refractivity contribution in [3.05, 3.63) is 30.0 Å². The first kappa shape index (κ1) is 13.0. The Morgan fingerprint density at radius 3 is 3.15 bits per heavy atom. The number of nitrogens with two attached hydrogens (primary N) is 1. The highest BCUT2D eigenvalue weighted by Crippen LogP contribution is 2.25. The lowest BCUT2D eigenvalue weighted by Crippen LogP contribution is -2.40. The zero-order valence-corrected chi connectivity index (χ0v) is 11.5. The molecule has 2 aromatic rings. The number of carbonyl (C=O) groups excluding carboxylic acids is 1. The van der Waals surface area contributed by atoms with Gasteiger partial charge in [-0.2, -0.15) is 0 Å². The van der Waals surface area contributed by atoms with E-state index in [1.165, 1.54) is 0 Å². The van der Waals surface area contributed by atoms with Crippen LogP contribution in [-0.2, 0) is 4.74 Å². The highest BCUT2D eigenvalue weighted by atomic mass is 16.5. The number of ether oxygens (including phenoxy) is 1. The number of benzene rings is 1. The number of carbonyl (C=O) groups is 1. The smallest absolute Gasteiger partial charge is 0.253 e. The number of fused-ring (bicyclic) bond motifs is 1. The summed E-state index contributed by atoms with van der Waals surface area (Å²) < 4.78 is 5.67. The van der Waals surface area contributed by atoms with Crippen LogP contribution in [0.4, 0.5) is 5.69 Å². The number of nitrogens with one attached hydrogen (secondary N) is 2. The average Bonchev–Trinajstić information content (AvgIpc) is 3.02. The molecule has 1 aromatic heterocycles. The predicted molar refractivity (Wildman–Crippen MR) is 78.6 cm³/mol. The molecule has 1 fully saturated rings. The normalized spacial score (nSPS) is 22.2. The molecular formula is C15H19N3O2. The van der Waals surface area contributed by atoms with E-state index < -0.39 is 0 Å².